The third kappa shape index (κ3) is 3.77. The first kappa shape index (κ1) is 20.9. The summed E-state index contributed by atoms with van der Waals surface area (Å²) in [4.78, 5) is 25.3. The van der Waals surface area contributed by atoms with Gasteiger partial charge in [-0.3, -0.25) is 4.79 Å². The van der Waals surface area contributed by atoms with E-state index in [0.717, 1.165) is 22.3 Å². The van der Waals surface area contributed by atoms with Crippen LogP contribution in [0.1, 0.15) is 27.0 Å². The largest absolute Gasteiger partial charge is 0.496 e. The van der Waals surface area contributed by atoms with E-state index in [-0.39, 0.29) is 12.8 Å². The molecule has 158 valence electrons. The van der Waals surface area contributed by atoms with E-state index >= 15 is 0 Å². The normalized spacial score (nSPS) is 14.0. The molecule has 6 heteroatoms. The van der Waals surface area contributed by atoms with Gasteiger partial charge in [-0.15, -0.1) is 0 Å². The molecule has 0 heterocycles. The Balaban J connectivity index is 1.69. The number of hydrogen-bond donors (Lipinski definition) is 2. The van der Waals surface area contributed by atoms with E-state index in [4.69, 9.17) is 16.3 Å². The zero-order valence-corrected chi connectivity index (χ0v) is 18.0. The number of amides is 1. The van der Waals surface area contributed by atoms with Crippen molar-refractivity contribution in [2.75, 3.05) is 7.11 Å². The topological polar surface area (TPSA) is 75.6 Å². The molecule has 0 fully saturated rings. The number of benzene rings is 3. The molecule has 0 aliphatic heterocycles. The molecule has 3 aromatic rings. The molecule has 3 aromatic carbocycles. The third-order valence-electron chi connectivity index (χ3n) is 5.88. The number of fused-ring (bicyclic) bond motifs is 1. The van der Waals surface area contributed by atoms with E-state index in [1.165, 1.54) is 0 Å². The van der Waals surface area contributed by atoms with Crippen LogP contribution < -0.4 is 10.1 Å². The number of nitrogens with one attached hydrogen (secondary N) is 1. The van der Waals surface area contributed by atoms with E-state index in [0.29, 0.717) is 21.9 Å². The van der Waals surface area contributed by atoms with E-state index < -0.39 is 17.4 Å². The lowest BCUT2D eigenvalue weighted by molar-refractivity contribution is -0.144. The van der Waals surface area contributed by atoms with Crippen LogP contribution in [0, 0.1) is 6.92 Å². The fourth-order valence-corrected chi connectivity index (χ4v) is 4.33. The minimum Gasteiger partial charge on any atom is -0.496 e. The standard InChI is InChI=1S/C25H22ClNO4/c1-15-19(8-5-9-21(15)26)20-12-16(10-11-22(20)31-2)23(28)27-25(24(29)30)13-17-6-3-4-7-18(17)14-25/h3-12H,13-14H2,1-2H3,(H,27,28)(H,29,30). The Kier molecular flexibility index (Phi) is 5.46. The average molecular weight is 436 g/mol. The molecule has 4 rings (SSSR count). The van der Waals surface area contributed by atoms with Gasteiger partial charge in [0.25, 0.3) is 5.91 Å². The lowest BCUT2D eigenvalue weighted by atomic mass is 9.94. The number of aliphatic carboxylic acids is 1. The molecule has 0 saturated heterocycles. The van der Waals surface area contributed by atoms with Gasteiger partial charge in [-0.2, -0.15) is 0 Å². The summed E-state index contributed by atoms with van der Waals surface area (Å²) in [6, 6.07) is 18.2. The van der Waals surface area contributed by atoms with E-state index in [9.17, 15) is 14.7 Å². The molecule has 0 aromatic heterocycles. The van der Waals surface area contributed by atoms with Gasteiger partial charge in [0.1, 0.15) is 11.3 Å². The second kappa shape index (κ2) is 8.08. The Morgan fingerprint density at radius 3 is 2.29 bits per heavy atom. The van der Waals surface area contributed by atoms with Gasteiger partial charge < -0.3 is 15.2 Å². The maximum atomic E-state index is 13.2. The van der Waals surface area contributed by atoms with Gasteiger partial charge in [0.15, 0.2) is 0 Å². The fraction of sp³-hybridized carbons (Fsp3) is 0.200. The molecule has 31 heavy (non-hydrogen) atoms. The predicted molar refractivity (Wildman–Crippen MR) is 120 cm³/mol. The summed E-state index contributed by atoms with van der Waals surface area (Å²) in [7, 11) is 1.56. The molecule has 2 N–H and O–H groups in total. The molecule has 1 amide bonds. The summed E-state index contributed by atoms with van der Waals surface area (Å²) in [5.41, 5.74) is 3.30. The van der Waals surface area contributed by atoms with Crippen LogP contribution in [-0.2, 0) is 17.6 Å². The monoisotopic (exact) mass is 435 g/mol. The van der Waals surface area contributed by atoms with Crippen LogP contribution in [0.4, 0.5) is 0 Å². The first-order valence-corrected chi connectivity index (χ1v) is 10.3. The first-order chi connectivity index (χ1) is 14.8. The average Bonchev–Trinajstić information content (AvgIpc) is 3.14. The number of hydrogen-bond acceptors (Lipinski definition) is 3. The SMILES string of the molecule is COc1ccc(C(=O)NC2(C(=O)O)Cc3ccccc3C2)cc1-c1cccc(Cl)c1C. The highest BCUT2D eigenvalue weighted by molar-refractivity contribution is 6.31. The number of carbonyl (C=O) groups excluding carboxylic acids is 1. The highest BCUT2D eigenvalue weighted by Crippen LogP contribution is 2.36. The van der Waals surface area contributed by atoms with Crippen LogP contribution in [0.15, 0.2) is 60.7 Å². The van der Waals surface area contributed by atoms with Crippen molar-refractivity contribution in [3.63, 3.8) is 0 Å². The minimum absolute atomic E-state index is 0.251. The van der Waals surface area contributed by atoms with Crippen molar-refractivity contribution in [1.29, 1.82) is 0 Å². The molecule has 0 saturated carbocycles. The smallest absolute Gasteiger partial charge is 0.330 e. The zero-order valence-electron chi connectivity index (χ0n) is 17.2. The number of halogens is 1. The summed E-state index contributed by atoms with van der Waals surface area (Å²) in [5, 5.41) is 13.4. The van der Waals surface area contributed by atoms with Crippen molar-refractivity contribution in [2.24, 2.45) is 0 Å². The van der Waals surface area contributed by atoms with Crippen molar-refractivity contribution in [1.82, 2.24) is 5.32 Å². The quantitative estimate of drug-likeness (QED) is 0.610. The molecular weight excluding hydrogens is 414 g/mol. The van der Waals surface area contributed by atoms with Crippen LogP contribution in [0.5, 0.6) is 5.75 Å². The van der Waals surface area contributed by atoms with Gasteiger partial charge in [-0.1, -0.05) is 48.0 Å². The lowest BCUT2D eigenvalue weighted by Crippen LogP contribution is -2.55. The van der Waals surface area contributed by atoms with Crippen molar-refractivity contribution in [3.8, 4) is 16.9 Å². The lowest BCUT2D eigenvalue weighted by Gasteiger charge is -2.26. The number of carboxylic acid groups (broad SMARTS) is 1. The first-order valence-electron chi connectivity index (χ1n) is 9.91. The number of methoxy groups -OCH3 is 1. The van der Waals surface area contributed by atoms with Crippen LogP contribution in [-0.4, -0.2) is 29.6 Å². The van der Waals surface area contributed by atoms with Crippen LogP contribution in [0.3, 0.4) is 0 Å². The molecule has 0 radical (unpaired) electrons. The number of ether oxygens (including phenoxy) is 1. The molecule has 5 nitrogen and oxygen atoms in total. The Bertz CT molecular complexity index is 1160. The van der Waals surface area contributed by atoms with Gasteiger partial charge in [0.2, 0.25) is 0 Å². The Morgan fingerprint density at radius 1 is 1.00 bits per heavy atom. The van der Waals surface area contributed by atoms with Crippen molar-refractivity contribution >= 4 is 23.5 Å². The molecule has 0 atom stereocenters. The third-order valence-corrected chi connectivity index (χ3v) is 6.29. The summed E-state index contributed by atoms with van der Waals surface area (Å²) in [5.74, 6) is -0.890. The van der Waals surface area contributed by atoms with E-state index in [1.807, 2.05) is 43.3 Å². The number of carboxylic acids is 1. The second-order valence-corrected chi connectivity index (χ2v) is 8.20. The van der Waals surface area contributed by atoms with Crippen LogP contribution >= 0.6 is 11.6 Å². The second-order valence-electron chi connectivity index (χ2n) is 7.79. The molecule has 1 aliphatic rings. The van der Waals surface area contributed by atoms with Gasteiger partial charge in [0, 0.05) is 29.0 Å². The fourth-order valence-electron chi connectivity index (χ4n) is 4.16. The summed E-state index contributed by atoms with van der Waals surface area (Å²) >= 11 is 6.29. The minimum atomic E-state index is -1.37. The molecule has 1 aliphatic carbocycles. The van der Waals surface area contributed by atoms with Gasteiger partial charge in [-0.25, -0.2) is 4.79 Å². The predicted octanol–water partition coefficient (Wildman–Crippen LogP) is 4.68. The zero-order chi connectivity index (χ0) is 22.2. The van der Waals surface area contributed by atoms with Crippen molar-refractivity contribution in [3.05, 3.63) is 87.9 Å². The maximum absolute atomic E-state index is 13.2. The number of rotatable bonds is 5. The van der Waals surface area contributed by atoms with Crippen LogP contribution in [0.25, 0.3) is 11.1 Å². The summed E-state index contributed by atoms with van der Waals surface area (Å²) in [6.45, 7) is 1.90. The number of carbonyl (C=O) groups is 2. The van der Waals surface area contributed by atoms with Crippen molar-refractivity contribution < 1.29 is 19.4 Å². The van der Waals surface area contributed by atoms with E-state index in [2.05, 4.69) is 5.32 Å². The highest BCUT2D eigenvalue weighted by Gasteiger charge is 2.45. The maximum Gasteiger partial charge on any atom is 0.330 e. The van der Waals surface area contributed by atoms with Crippen molar-refractivity contribution in [2.45, 2.75) is 25.3 Å². The Hall–Kier alpha value is -3.31. The molecule has 0 bridgehead atoms. The Labute approximate surface area is 185 Å². The molecular formula is C25H22ClNO4. The summed E-state index contributed by atoms with van der Waals surface area (Å²) in [6.07, 6.45) is 0.501. The van der Waals surface area contributed by atoms with E-state index in [1.54, 1.807) is 31.4 Å². The molecule has 0 spiro atoms. The molecule has 0 unspecified atom stereocenters. The Morgan fingerprint density at radius 2 is 1.68 bits per heavy atom. The summed E-state index contributed by atoms with van der Waals surface area (Å²) < 4.78 is 5.49. The van der Waals surface area contributed by atoms with Gasteiger partial charge >= 0.3 is 5.97 Å². The van der Waals surface area contributed by atoms with Gasteiger partial charge in [-0.05, 0) is 53.4 Å². The van der Waals surface area contributed by atoms with Gasteiger partial charge in [0.05, 0.1) is 7.11 Å². The van der Waals surface area contributed by atoms with Crippen LogP contribution in [0.2, 0.25) is 5.02 Å². The highest BCUT2D eigenvalue weighted by atomic mass is 35.5.